The van der Waals surface area contributed by atoms with Crippen molar-refractivity contribution in [3.05, 3.63) is 46.0 Å². The van der Waals surface area contributed by atoms with Gasteiger partial charge in [0.2, 0.25) is 0 Å². The fraction of sp³-hybridized carbons (Fsp3) is 0.0833. The van der Waals surface area contributed by atoms with E-state index in [-0.39, 0.29) is 4.90 Å². The monoisotopic (exact) mass is 375 g/mol. The Balaban J connectivity index is 2.27. The fourth-order valence-corrected chi connectivity index (χ4v) is 2.88. The number of nitrogens with zero attached hydrogens (tertiary/aromatic N) is 1. The van der Waals surface area contributed by atoms with Gasteiger partial charge in [-0.05, 0) is 46.3 Å². The third-order valence-corrected chi connectivity index (χ3v) is 5.07. The molecule has 0 aliphatic carbocycles. The molecule has 2 rings (SSSR count). The predicted octanol–water partition coefficient (Wildman–Crippen LogP) is 3.34. The summed E-state index contributed by atoms with van der Waals surface area (Å²) in [6.45, 7) is 0. The largest absolute Gasteiger partial charge is 0.373 e. The number of rotatable bonds is 4. The van der Waals surface area contributed by atoms with Gasteiger partial charge >= 0.3 is 0 Å². The number of benzene rings is 1. The number of hydrogen-bond donors (Lipinski definition) is 2. The zero-order chi connectivity index (χ0) is 14.8. The Kier molecular flexibility index (Phi) is 4.52. The van der Waals surface area contributed by atoms with Crippen molar-refractivity contribution in [3.63, 3.8) is 0 Å². The number of hydrogen-bond acceptors (Lipinski definition) is 4. The molecule has 1 aromatic carbocycles. The minimum absolute atomic E-state index is 0.0792. The Morgan fingerprint density at radius 2 is 2.00 bits per heavy atom. The summed E-state index contributed by atoms with van der Waals surface area (Å²) in [5, 5.41) is 3.24. The number of anilines is 2. The smallest absolute Gasteiger partial charge is 0.263 e. The number of pyridine rings is 1. The first-order chi connectivity index (χ1) is 9.42. The third kappa shape index (κ3) is 3.41. The van der Waals surface area contributed by atoms with Crippen LogP contribution in [0.3, 0.4) is 0 Å². The van der Waals surface area contributed by atoms with Crippen LogP contribution >= 0.6 is 27.5 Å². The molecule has 1 heterocycles. The van der Waals surface area contributed by atoms with E-state index in [4.69, 9.17) is 11.6 Å². The van der Waals surface area contributed by atoms with Crippen molar-refractivity contribution in [2.45, 2.75) is 4.90 Å². The quantitative estimate of drug-likeness (QED) is 0.858. The highest BCUT2D eigenvalue weighted by atomic mass is 79.9. The molecule has 0 amide bonds. The van der Waals surface area contributed by atoms with E-state index in [1.54, 1.807) is 25.2 Å². The Morgan fingerprint density at radius 1 is 1.25 bits per heavy atom. The van der Waals surface area contributed by atoms with E-state index in [1.807, 2.05) is 0 Å². The van der Waals surface area contributed by atoms with Crippen LogP contribution in [-0.2, 0) is 10.0 Å². The van der Waals surface area contributed by atoms with Crippen LogP contribution in [0.25, 0.3) is 0 Å². The van der Waals surface area contributed by atoms with E-state index in [0.29, 0.717) is 21.0 Å². The van der Waals surface area contributed by atoms with Crippen molar-refractivity contribution in [1.29, 1.82) is 0 Å². The van der Waals surface area contributed by atoms with Crippen LogP contribution in [0.1, 0.15) is 0 Å². The van der Waals surface area contributed by atoms with Crippen LogP contribution in [-0.4, -0.2) is 20.4 Å². The number of halogens is 2. The normalized spacial score (nSPS) is 11.2. The average molecular weight is 377 g/mol. The van der Waals surface area contributed by atoms with Crippen molar-refractivity contribution in [2.24, 2.45) is 0 Å². The molecule has 2 N–H and O–H groups in total. The lowest BCUT2D eigenvalue weighted by Gasteiger charge is -2.09. The van der Waals surface area contributed by atoms with Gasteiger partial charge in [-0.15, -0.1) is 0 Å². The molecule has 1 aromatic heterocycles. The highest BCUT2D eigenvalue weighted by molar-refractivity contribution is 9.10. The van der Waals surface area contributed by atoms with Gasteiger partial charge in [-0.2, -0.15) is 0 Å². The highest BCUT2D eigenvalue weighted by Gasteiger charge is 2.15. The molecule has 0 radical (unpaired) electrons. The molecule has 0 atom stereocenters. The zero-order valence-corrected chi connectivity index (χ0v) is 13.6. The molecule has 0 saturated carbocycles. The van der Waals surface area contributed by atoms with Crippen LogP contribution in [0.4, 0.5) is 11.5 Å². The predicted molar refractivity (Wildman–Crippen MR) is 83.7 cm³/mol. The SMILES string of the molecule is CNc1ccc(S(=O)(=O)Nc2ccc(Br)c(Cl)c2)cn1. The Labute approximate surface area is 130 Å². The van der Waals surface area contributed by atoms with E-state index in [1.165, 1.54) is 18.3 Å². The summed E-state index contributed by atoms with van der Waals surface area (Å²) in [6.07, 6.45) is 1.29. The van der Waals surface area contributed by atoms with Crippen LogP contribution < -0.4 is 10.0 Å². The van der Waals surface area contributed by atoms with Gasteiger partial charge in [0.15, 0.2) is 0 Å². The number of aromatic nitrogens is 1. The van der Waals surface area contributed by atoms with Crippen molar-refractivity contribution in [2.75, 3.05) is 17.1 Å². The Morgan fingerprint density at radius 3 is 2.55 bits per heavy atom. The minimum atomic E-state index is -3.68. The molecule has 8 heteroatoms. The molecule has 0 fully saturated rings. The standard InChI is InChI=1S/C12H11BrClN3O2S/c1-15-12-5-3-9(7-16-12)20(18,19)17-8-2-4-10(13)11(14)6-8/h2-7,17H,1H3,(H,15,16). The third-order valence-electron chi connectivity index (χ3n) is 2.47. The van der Waals surface area contributed by atoms with Gasteiger partial charge in [0.05, 0.1) is 10.7 Å². The molecule has 20 heavy (non-hydrogen) atoms. The summed E-state index contributed by atoms with van der Waals surface area (Å²) >= 11 is 9.17. The maximum Gasteiger partial charge on any atom is 0.263 e. The number of nitrogens with one attached hydrogen (secondary N) is 2. The average Bonchev–Trinajstić information content (AvgIpc) is 2.43. The van der Waals surface area contributed by atoms with Gasteiger partial charge in [0.1, 0.15) is 10.7 Å². The van der Waals surface area contributed by atoms with E-state index >= 15 is 0 Å². The first kappa shape index (κ1) is 15.1. The molecular formula is C12H11BrClN3O2S. The lowest BCUT2D eigenvalue weighted by atomic mass is 10.3. The van der Waals surface area contributed by atoms with Gasteiger partial charge < -0.3 is 5.32 Å². The van der Waals surface area contributed by atoms with Gasteiger partial charge in [-0.3, -0.25) is 4.72 Å². The van der Waals surface area contributed by atoms with Crippen molar-refractivity contribution in [1.82, 2.24) is 4.98 Å². The molecular weight excluding hydrogens is 366 g/mol. The zero-order valence-electron chi connectivity index (χ0n) is 10.4. The minimum Gasteiger partial charge on any atom is -0.373 e. The van der Waals surface area contributed by atoms with Gasteiger partial charge in [0, 0.05) is 17.7 Å². The van der Waals surface area contributed by atoms with Crippen molar-refractivity contribution < 1.29 is 8.42 Å². The molecule has 5 nitrogen and oxygen atoms in total. The van der Waals surface area contributed by atoms with Gasteiger partial charge in [-0.25, -0.2) is 13.4 Å². The molecule has 0 aliphatic rings. The second-order valence-electron chi connectivity index (χ2n) is 3.86. The lowest BCUT2D eigenvalue weighted by molar-refractivity contribution is 0.601. The van der Waals surface area contributed by atoms with Crippen molar-refractivity contribution >= 4 is 49.1 Å². The summed E-state index contributed by atoms with van der Waals surface area (Å²) in [7, 11) is -1.98. The fourth-order valence-electron chi connectivity index (χ4n) is 1.46. The van der Waals surface area contributed by atoms with Crippen LogP contribution in [0.2, 0.25) is 5.02 Å². The highest BCUT2D eigenvalue weighted by Crippen LogP contribution is 2.26. The molecule has 106 valence electrons. The van der Waals surface area contributed by atoms with E-state index in [9.17, 15) is 8.42 Å². The summed E-state index contributed by atoms with van der Waals surface area (Å²) in [4.78, 5) is 4.05. The van der Waals surface area contributed by atoms with Crippen molar-refractivity contribution in [3.8, 4) is 0 Å². The van der Waals surface area contributed by atoms with Crippen LogP contribution in [0.5, 0.6) is 0 Å². The number of sulfonamides is 1. The topological polar surface area (TPSA) is 71.1 Å². The first-order valence-corrected chi connectivity index (χ1v) is 8.19. The lowest BCUT2D eigenvalue weighted by Crippen LogP contribution is -2.13. The molecule has 0 spiro atoms. The summed E-state index contributed by atoms with van der Waals surface area (Å²) in [6, 6.07) is 7.87. The van der Waals surface area contributed by atoms with E-state index in [2.05, 4.69) is 31.0 Å². The molecule has 2 aromatic rings. The molecule has 0 saturated heterocycles. The second kappa shape index (κ2) is 5.99. The van der Waals surface area contributed by atoms with Crippen LogP contribution in [0, 0.1) is 0 Å². The molecule has 0 aliphatic heterocycles. The van der Waals surface area contributed by atoms with Gasteiger partial charge in [-0.1, -0.05) is 11.6 Å². The summed E-state index contributed by atoms with van der Waals surface area (Å²) in [5.74, 6) is 0.593. The maximum absolute atomic E-state index is 12.2. The molecule has 0 bridgehead atoms. The Bertz CT molecular complexity index is 720. The Hall–Kier alpha value is -1.31. The van der Waals surface area contributed by atoms with E-state index in [0.717, 1.165) is 0 Å². The summed E-state index contributed by atoms with van der Waals surface area (Å²) < 4.78 is 27.5. The van der Waals surface area contributed by atoms with E-state index < -0.39 is 10.0 Å². The maximum atomic E-state index is 12.2. The molecule has 0 unspecified atom stereocenters. The summed E-state index contributed by atoms with van der Waals surface area (Å²) in [5.41, 5.74) is 0.385. The second-order valence-corrected chi connectivity index (χ2v) is 6.81. The van der Waals surface area contributed by atoms with Crippen LogP contribution in [0.15, 0.2) is 45.9 Å². The van der Waals surface area contributed by atoms with Gasteiger partial charge in [0.25, 0.3) is 10.0 Å². The first-order valence-electron chi connectivity index (χ1n) is 5.54.